The first kappa shape index (κ1) is 15.6. The summed E-state index contributed by atoms with van der Waals surface area (Å²) in [5.41, 5.74) is 0. The monoisotopic (exact) mass is 230 g/mol. The Morgan fingerprint density at radius 1 is 1.00 bits per heavy atom. The van der Waals surface area contributed by atoms with Crippen molar-refractivity contribution in [3.63, 3.8) is 0 Å². The number of rotatable bonds is 11. The van der Waals surface area contributed by atoms with Crippen LogP contribution in [0.15, 0.2) is 12.7 Å². The maximum atomic E-state index is 9.86. The molecule has 96 valence electrons. The lowest BCUT2D eigenvalue weighted by molar-refractivity contribution is -0.328. The van der Waals surface area contributed by atoms with Crippen molar-refractivity contribution >= 4 is 0 Å². The van der Waals surface area contributed by atoms with Gasteiger partial charge in [-0.1, -0.05) is 46.1 Å². The Hall–Kier alpha value is -0.380. The van der Waals surface area contributed by atoms with Crippen molar-refractivity contribution in [2.24, 2.45) is 0 Å². The van der Waals surface area contributed by atoms with Crippen LogP contribution in [0.2, 0.25) is 0 Å². The van der Waals surface area contributed by atoms with Gasteiger partial charge in [-0.25, -0.2) is 0 Å². The van der Waals surface area contributed by atoms with Crippen molar-refractivity contribution in [2.45, 2.75) is 58.3 Å². The van der Waals surface area contributed by atoms with E-state index in [1.165, 1.54) is 6.08 Å². The molecule has 3 heteroatoms. The zero-order valence-electron chi connectivity index (χ0n) is 10.7. The van der Waals surface area contributed by atoms with Crippen LogP contribution < -0.4 is 0 Å². The van der Waals surface area contributed by atoms with Gasteiger partial charge in [0.2, 0.25) is 0 Å². The Morgan fingerprint density at radius 3 is 1.75 bits per heavy atom. The van der Waals surface area contributed by atoms with Crippen LogP contribution in [0.3, 0.4) is 0 Å². The molecule has 0 heterocycles. The van der Waals surface area contributed by atoms with Crippen molar-refractivity contribution in [1.82, 2.24) is 0 Å². The molecular formula is C13H26O3. The molecule has 0 aromatic rings. The standard InChI is InChI=1S/C13H26O3/c1-4-7-9-11-15-13(14,6-3)16-12-10-8-5-2/h6,14H,3-5,7-12H2,1-2H3. The van der Waals surface area contributed by atoms with Gasteiger partial charge in [0.25, 0.3) is 0 Å². The topological polar surface area (TPSA) is 38.7 Å². The molecule has 0 saturated heterocycles. The summed E-state index contributed by atoms with van der Waals surface area (Å²) < 4.78 is 10.6. The van der Waals surface area contributed by atoms with Gasteiger partial charge in [0, 0.05) is 0 Å². The van der Waals surface area contributed by atoms with Crippen LogP contribution in [0.25, 0.3) is 0 Å². The molecule has 0 aliphatic carbocycles. The van der Waals surface area contributed by atoms with E-state index in [1.54, 1.807) is 0 Å². The zero-order valence-corrected chi connectivity index (χ0v) is 10.7. The summed E-state index contributed by atoms with van der Waals surface area (Å²) >= 11 is 0. The molecule has 0 aromatic carbocycles. The molecule has 0 aliphatic heterocycles. The van der Waals surface area contributed by atoms with Gasteiger partial charge < -0.3 is 14.6 Å². The minimum absolute atomic E-state index is 0.504. The van der Waals surface area contributed by atoms with Crippen LogP contribution in [0.4, 0.5) is 0 Å². The van der Waals surface area contributed by atoms with Crippen LogP contribution in [0.1, 0.15) is 52.4 Å². The predicted molar refractivity (Wildman–Crippen MR) is 66.1 cm³/mol. The minimum Gasteiger partial charge on any atom is -0.340 e. The van der Waals surface area contributed by atoms with Crippen LogP contribution in [-0.4, -0.2) is 24.3 Å². The van der Waals surface area contributed by atoms with Gasteiger partial charge in [-0.15, -0.1) is 0 Å². The molecule has 3 nitrogen and oxygen atoms in total. The quantitative estimate of drug-likeness (QED) is 0.336. The number of hydrogen-bond donors (Lipinski definition) is 1. The predicted octanol–water partition coefficient (Wildman–Crippen LogP) is 3.23. The van der Waals surface area contributed by atoms with E-state index in [4.69, 9.17) is 9.47 Å². The van der Waals surface area contributed by atoms with Crippen molar-refractivity contribution in [2.75, 3.05) is 13.2 Å². The van der Waals surface area contributed by atoms with Gasteiger partial charge in [-0.2, -0.15) is 0 Å². The summed E-state index contributed by atoms with van der Waals surface area (Å²) in [7, 11) is 0. The van der Waals surface area contributed by atoms with Gasteiger partial charge in [-0.3, -0.25) is 0 Å². The summed E-state index contributed by atoms with van der Waals surface area (Å²) in [6.07, 6.45) is 7.65. The van der Waals surface area contributed by atoms with E-state index in [0.29, 0.717) is 13.2 Å². The second-order valence-electron chi connectivity index (χ2n) is 3.95. The third-order valence-electron chi connectivity index (χ3n) is 2.37. The van der Waals surface area contributed by atoms with Crippen LogP contribution in [0, 0.1) is 0 Å². The third kappa shape index (κ3) is 7.85. The summed E-state index contributed by atoms with van der Waals surface area (Å²) in [4.78, 5) is 0. The normalized spacial score (nSPS) is 11.7. The summed E-state index contributed by atoms with van der Waals surface area (Å²) in [5.74, 6) is -1.60. The minimum atomic E-state index is -1.60. The third-order valence-corrected chi connectivity index (χ3v) is 2.37. The molecule has 0 aliphatic rings. The van der Waals surface area contributed by atoms with E-state index in [2.05, 4.69) is 20.4 Å². The van der Waals surface area contributed by atoms with Gasteiger partial charge in [0.15, 0.2) is 0 Å². The molecular weight excluding hydrogens is 204 g/mol. The molecule has 16 heavy (non-hydrogen) atoms. The molecule has 0 aromatic heterocycles. The number of ether oxygens (including phenoxy) is 2. The molecule has 0 unspecified atom stereocenters. The molecule has 0 saturated carbocycles. The highest BCUT2D eigenvalue weighted by Gasteiger charge is 2.23. The lowest BCUT2D eigenvalue weighted by Gasteiger charge is -2.24. The molecule has 0 fully saturated rings. The van der Waals surface area contributed by atoms with Crippen molar-refractivity contribution in [1.29, 1.82) is 0 Å². The fourth-order valence-corrected chi connectivity index (χ4v) is 1.30. The Balaban J connectivity index is 3.68. The highest BCUT2D eigenvalue weighted by molar-refractivity contribution is 4.79. The summed E-state index contributed by atoms with van der Waals surface area (Å²) in [6.45, 7) is 8.79. The van der Waals surface area contributed by atoms with Gasteiger partial charge in [-0.05, 0) is 18.9 Å². The number of hydrogen-bond acceptors (Lipinski definition) is 3. The van der Waals surface area contributed by atoms with Crippen LogP contribution in [0.5, 0.6) is 0 Å². The average Bonchev–Trinajstić information content (AvgIpc) is 2.31. The Kier molecular flexibility index (Phi) is 9.59. The Bertz CT molecular complexity index is 157. The van der Waals surface area contributed by atoms with E-state index in [1.807, 2.05) is 0 Å². The van der Waals surface area contributed by atoms with E-state index in [0.717, 1.165) is 38.5 Å². The first-order valence-electron chi connectivity index (χ1n) is 6.32. The molecule has 0 amide bonds. The van der Waals surface area contributed by atoms with E-state index in [9.17, 15) is 5.11 Å². The highest BCUT2D eigenvalue weighted by atomic mass is 16.8. The summed E-state index contributed by atoms with van der Waals surface area (Å²) in [6, 6.07) is 0. The Labute approximate surface area is 99.5 Å². The lowest BCUT2D eigenvalue weighted by Crippen LogP contribution is -2.34. The highest BCUT2D eigenvalue weighted by Crippen LogP contribution is 2.13. The molecule has 0 atom stereocenters. The molecule has 0 radical (unpaired) electrons. The number of aliphatic hydroxyl groups is 1. The molecule has 0 spiro atoms. The first-order valence-corrected chi connectivity index (χ1v) is 6.32. The molecule has 0 bridgehead atoms. The SMILES string of the molecule is C=CC(O)(OCCCCC)OCCCCC. The van der Waals surface area contributed by atoms with Crippen LogP contribution >= 0.6 is 0 Å². The van der Waals surface area contributed by atoms with E-state index in [-0.39, 0.29) is 0 Å². The van der Waals surface area contributed by atoms with Crippen molar-refractivity contribution in [3.8, 4) is 0 Å². The Morgan fingerprint density at radius 2 is 1.44 bits per heavy atom. The molecule has 1 N–H and O–H groups in total. The van der Waals surface area contributed by atoms with Crippen LogP contribution in [-0.2, 0) is 9.47 Å². The maximum Gasteiger partial charge on any atom is 0.301 e. The maximum absolute atomic E-state index is 9.86. The van der Waals surface area contributed by atoms with Crippen molar-refractivity contribution in [3.05, 3.63) is 12.7 Å². The van der Waals surface area contributed by atoms with Gasteiger partial charge in [0.05, 0.1) is 13.2 Å². The summed E-state index contributed by atoms with van der Waals surface area (Å²) in [5, 5.41) is 9.86. The van der Waals surface area contributed by atoms with Crippen molar-refractivity contribution < 1.29 is 14.6 Å². The fourth-order valence-electron chi connectivity index (χ4n) is 1.30. The van der Waals surface area contributed by atoms with E-state index < -0.39 is 5.97 Å². The average molecular weight is 230 g/mol. The second kappa shape index (κ2) is 9.82. The second-order valence-corrected chi connectivity index (χ2v) is 3.95. The fraction of sp³-hybridized carbons (Fsp3) is 0.846. The smallest absolute Gasteiger partial charge is 0.301 e. The number of unbranched alkanes of at least 4 members (excludes halogenated alkanes) is 4. The van der Waals surface area contributed by atoms with Gasteiger partial charge in [0.1, 0.15) is 0 Å². The largest absolute Gasteiger partial charge is 0.340 e. The zero-order chi connectivity index (χ0) is 12.3. The van der Waals surface area contributed by atoms with Gasteiger partial charge >= 0.3 is 5.97 Å². The molecule has 0 rings (SSSR count). The first-order chi connectivity index (χ1) is 7.68. The van der Waals surface area contributed by atoms with E-state index >= 15 is 0 Å². The lowest BCUT2D eigenvalue weighted by atomic mass is 10.3.